The van der Waals surface area contributed by atoms with Gasteiger partial charge >= 0.3 is 0 Å². The predicted molar refractivity (Wildman–Crippen MR) is 55.6 cm³/mol. The summed E-state index contributed by atoms with van der Waals surface area (Å²) in [7, 11) is 0. The van der Waals surface area contributed by atoms with Crippen LogP contribution in [0.1, 0.15) is 19.8 Å². The van der Waals surface area contributed by atoms with E-state index in [9.17, 15) is 0 Å². The molecule has 70 valence electrons. The molecule has 12 heavy (non-hydrogen) atoms. The second-order valence-electron chi connectivity index (χ2n) is 2.83. The third kappa shape index (κ3) is 2.92. The summed E-state index contributed by atoms with van der Waals surface area (Å²) in [5.41, 5.74) is 0. The van der Waals surface area contributed by atoms with E-state index in [-0.39, 0.29) is 12.2 Å². The Kier molecular flexibility index (Phi) is 4.32. The van der Waals surface area contributed by atoms with Gasteiger partial charge in [0.1, 0.15) is 6.10 Å². The third-order valence-electron chi connectivity index (χ3n) is 1.95. The molecule has 0 spiro atoms. The quantitative estimate of drug-likeness (QED) is 0.612. The second-order valence-corrected chi connectivity index (χ2v) is 4.24. The van der Waals surface area contributed by atoms with E-state index in [1.807, 2.05) is 13.2 Å². The number of thiocarbonyl (C=S) groups is 1. The average Bonchev–Trinajstić information content (AvgIpc) is 2.09. The molecule has 1 saturated heterocycles. The van der Waals surface area contributed by atoms with Gasteiger partial charge in [-0.05, 0) is 38.2 Å². The molecule has 0 aromatic carbocycles. The fourth-order valence-corrected chi connectivity index (χ4v) is 1.57. The molecule has 2 nitrogen and oxygen atoms in total. The van der Waals surface area contributed by atoms with E-state index < -0.39 is 0 Å². The molecule has 0 aromatic rings. The van der Waals surface area contributed by atoms with E-state index in [0.29, 0.717) is 4.38 Å². The van der Waals surface area contributed by atoms with Crippen molar-refractivity contribution in [3.8, 4) is 0 Å². The number of thioether (sulfide) groups is 1. The van der Waals surface area contributed by atoms with E-state index in [0.717, 1.165) is 19.4 Å². The van der Waals surface area contributed by atoms with E-state index in [1.165, 1.54) is 11.8 Å². The predicted octanol–water partition coefficient (Wildman–Crippen LogP) is 2.22. The molecular formula is C8H14O2S2. The molecule has 0 amide bonds. The van der Waals surface area contributed by atoms with Crippen molar-refractivity contribution in [3.05, 3.63) is 0 Å². The van der Waals surface area contributed by atoms with Crippen molar-refractivity contribution < 1.29 is 9.47 Å². The van der Waals surface area contributed by atoms with E-state index in [4.69, 9.17) is 21.7 Å². The minimum absolute atomic E-state index is 0.165. The van der Waals surface area contributed by atoms with Crippen LogP contribution in [0.2, 0.25) is 0 Å². The maximum atomic E-state index is 5.52. The fraction of sp³-hybridized carbons (Fsp3) is 0.875. The minimum Gasteiger partial charge on any atom is -0.473 e. The molecule has 0 radical (unpaired) electrons. The lowest BCUT2D eigenvalue weighted by Gasteiger charge is -2.29. The molecule has 1 aliphatic rings. The average molecular weight is 206 g/mol. The largest absolute Gasteiger partial charge is 0.473 e. The van der Waals surface area contributed by atoms with Crippen LogP contribution in [0.15, 0.2) is 0 Å². The molecule has 2 atom stereocenters. The summed E-state index contributed by atoms with van der Waals surface area (Å²) in [4.78, 5) is 0. The van der Waals surface area contributed by atoms with Gasteiger partial charge in [0.25, 0.3) is 0 Å². The molecule has 1 rings (SSSR count). The number of hydrogen-bond donors (Lipinski definition) is 0. The van der Waals surface area contributed by atoms with Gasteiger partial charge in [-0.25, -0.2) is 0 Å². The van der Waals surface area contributed by atoms with E-state index in [1.54, 1.807) is 0 Å². The zero-order valence-electron chi connectivity index (χ0n) is 7.41. The van der Waals surface area contributed by atoms with Gasteiger partial charge in [-0.2, -0.15) is 0 Å². The Morgan fingerprint density at radius 3 is 3.00 bits per heavy atom. The third-order valence-corrected chi connectivity index (χ3v) is 2.98. The van der Waals surface area contributed by atoms with Gasteiger partial charge in [-0.15, -0.1) is 0 Å². The standard InChI is InChI=1S/C8H14O2S2/c1-6-7(4-3-5-9-6)10-8(11)12-2/h6-7H,3-5H2,1-2H3/t6-,7+/m0/s1. The van der Waals surface area contributed by atoms with Gasteiger partial charge in [0.2, 0.25) is 4.38 Å². The van der Waals surface area contributed by atoms with Crippen LogP contribution < -0.4 is 0 Å². The highest BCUT2D eigenvalue weighted by atomic mass is 32.2. The van der Waals surface area contributed by atoms with Crippen LogP contribution in [-0.2, 0) is 9.47 Å². The first kappa shape index (κ1) is 10.3. The highest BCUT2D eigenvalue weighted by molar-refractivity contribution is 8.22. The first-order valence-electron chi connectivity index (χ1n) is 4.10. The fourth-order valence-electron chi connectivity index (χ4n) is 1.22. The monoisotopic (exact) mass is 206 g/mol. The van der Waals surface area contributed by atoms with Gasteiger partial charge in [0.05, 0.1) is 6.10 Å². The summed E-state index contributed by atoms with van der Waals surface area (Å²) in [5.74, 6) is 0. The number of ether oxygens (including phenoxy) is 2. The SMILES string of the molecule is CSC(=S)O[C@@H]1CCCO[C@H]1C. The van der Waals surface area contributed by atoms with Crippen molar-refractivity contribution in [1.82, 2.24) is 0 Å². The van der Waals surface area contributed by atoms with Crippen molar-refractivity contribution in [2.75, 3.05) is 12.9 Å². The van der Waals surface area contributed by atoms with Crippen molar-refractivity contribution in [2.45, 2.75) is 32.0 Å². The van der Waals surface area contributed by atoms with Gasteiger partial charge in [0, 0.05) is 6.61 Å². The summed E-state index contributed by atoms with van der Waals surface area (Å²) in [6.45, 7) is 2.89. The Labute approximate surface area is 83.0 Å². The highest BCUT2D eigenvalue weighted by Gasteiger charge is 2.23. The van der Waals surface area contributed by atoms with Crippen LogP contribution in [0.5, 0.6) is 0 Å². The lowest BCUT2D eigenvalue weighted by Crippen LogP contribution is -2.34. The van der Waals surface area contributed by atoms with Gasteiger partial charge in [0.15, 0.2) is 0 Å². The summed E-state index contributed by atoms with van der Waals surface area (Å²) in [6.07, 6.45) is 4.41. The highest BCUT2D eigenvalue weighted by Crippen LogP contribution is 2.18. The Balaban J connectivity index is 2.33. The molecule has 0 bridgehead atoms. The first-order chi connectivity index (χ1) is 5.74. The summed E-state index contributed by atoms with van der Waals surface area (Å²) < 4.78 is 11.6. The molecule has 4 heteroatoms. The van der Waals surface area contributed by atoms with Crippen LogP contribution in [0.25, 0.3) is 0 Å². The summed E-state index contributed by atoms with van der Waals surface area (Å²) in [5, 5.41) is 0. The zero-order chi connectivity index (χ0) is 8.97. The van der Waals surface area contributed by atoms with Crippen molar-refractivity contribution in [3.63, 3.8) is 0 Å². The molecule has 0 aromatic heterocycles. The second kappa shape index (κ2) is 5.04. The molecule has 0 aliphatic carbocycles. The molecule has 1 heterocycles. The van der Waals surface area contributed by atoms with E-state index >= 15 is 0 Å². The zero-order valence-corrected chi connectivity index (χ0v) is 9.04. The maximum Gasteiger partial charge on any atom is 0.220 e. The minimum atomic E-state index is 0.165. The molecule has 0 unspecified atom stereocenters. The van der Waals surface area contributed by atoms with Gasteiger partial charge in [-0.3, -0.25) is 0 Å². The Morgan fingerprint density at radius 2 is 2.42 bits per heavy atom. The van der Waals surface area contributed by atoms with Crippen LogP contribution in [-0.4, -0.2) is 29.5 Å². The molecular weight excluding hydrogens is 192 g/mol. The van der Waals surface area contributed by atoms with Crippen molar-refractivity contribution in [1.29, 1.82) is 0 Å². The summed E-state index contributed by atoms with van der Waals surface area (Å²) >= 11 is 6.45. The van der Waals surface area contributed by atoms with Crippen molar-refractivity contribution in [2.24, 2.45) is 0 Å². The Morgan fingerprint density at radius 1 is 1.67 bits per heavy atom. The number of hydrogen-bond acceptors (Lipinski definition) is 4. The maximum absolute atomic E-state index is 5.52. The molecule has 0 saturated carbocycles. The first-order valence-corrected chi connectivity index (χ1v) is 5.73. The van der Waals surface area contributed by atoms with Crippen LogP contribution >= 0.6 is 24.0 Å². The van der Waals surface area contributed by atoms with E-state index in [2.05, 4.69) is 0 Å². The number of rotatable bonds is 1. The normalized spacial score (nSPS) is 29.8. The van der Waals surface area contributed by atoms with Gasteiger partial charge in [-0.1, -0.05) is 11.8 Å². The van der Waals surface area contributed by atoms with Crippen LogP contribution in [0, 0.1) is 0 Å². The van der Waals surface area contributed by atoms with Gasteiger partial charge < -0.3 is 9.47 Å². The Hall–Kier alpha value is 0.200. The Bertz CT molecular complexity index is 161. The lowest BCUT2D eigenvalue weighted by molar-refractivity contribution is -0.0543. The summed E-state index contributed by atoms with van der Waals surface area (Å²) in [6, 6.07) is 0. The van der Waals surface area contributed by atoms with Crippen LogP contribution in [0.3, 0.4) is 0 Å². The molecule has 1 fully saturated rings. The lowest BCUT2D eigenvalue weighted by atomic mass is 10.1. The topological polar surface area (TPSA) is 18.5 Å². The molecule has 1 aliphatic heterocycles. The smallest absolute Gasteiger partial charge is 0.220 e. The molecule has 0 N–H and O–H groups in total. The van der Waals surface area contributed by atoms with Crippen LogP contribution in [0.4, 0.5) is 0 Å². The van der Waals surface area contributed by atoms with Crippen molar-refractivity contribution >= 4 is 28.4 Å².